The minimum absolute atomic E-state index is 1.15. The van der Waals surface area contributed by atoms with Gasteiger partial charge in [0.15, 0.2) is 0 Å². The van der Waals surface area contributed by atoms with Crippen molar-refractivity contribution in [3.8, 4) is 0 Å². The summed E-state index contributed by atoms with van der Waals surface area (Å²) in [6.07, 6.45) is 9.59. The first-order valence-corrected chi connectivity index (χ1v) is 6.04. The summed E-state index contributed by atoms with van der Waals surface area (Å²) in [6.45, 7) is 2.23. The van der Waals surface area contributed by atoms with Crippen LogP contribution in [0.4, 0.5) is 0 Å². The van der Waals surface area contributed by atoms with Crippen molar-refractivity contribution in [2.24, 2.45) is 0 Å². The maximum atomic E-state index is 3.46. The van der Waals surface area contributed by atoms with E-state index in [0.29, 0.717) is 0 Å². The largest absolute Gasteiger partial charge is 0.0839 e. The quantitative estimate of drug-likeness (QED) is 0.644. The zero-order valence-corrected chi connectivity index (χ0v) is 10.3. The summed E-state index contributed by atoms with van der Waals surface area (Å²) < 4.78 is 1.15. The van der Waals surface area contributed by atoms with Crippen molar-refractivity contribution in [2.45, 2.75) is 32.6 Å². The monoisotopic (exact) mass is 252 g/mol. The van der Waals surface area contributed by atoms with Crippen molar-refractivity contribution >= 4 is 22.0 Å². The number of benzene rings is 1. The van der Waals surface area contributed by atoms with Gasteiger partial charge in [0.1, 0.15) is 0 Å². The second kappa shape index (κ2) is 6.83. The highest BCUT2D eigenvalue weighted by Gasteiger charge is 1.88. The zero-order valence-electron chi connectivity index (χ0n) is 8.67. The summed E-state index contributed by atoms with van der Waals surface area (Å²) in [4.78, 5) is 0. The number of halogens is 1. The minimum Gasteiger partial charge on any atom is -0.0839 e. The fraction of sp³-hybridized carbons (Fsp3) is 0.385. The van der Waals surface area contributed by atoms with E-state index < -0.39 is 0 Å². The van der Waals surface area contributed by atoms with Crippen LogP contribution in [-0.4, -0.2) is 0 Å². The van der Waals surface area contributed by atoms with Crippen molar-refractivity contribution in [1.82, 2.24) is 0 Å². The Morgan fingerprint density at radius 3 is 2.86 bits per heavy atom. The Morgan fingerprint density at radius 1 is 1.29 bits per heavy atom. The first kappa shape index (κ1) is 11.5. The predicted molar refractivity (Wildman–Crippen MR) is 67.3 cm³/mol. The highest BCUT2D eigenvalue weighted by molar-refractivity contribution is 9.10. The van der Waals surface area contributed by atoms with Crippen LogP contribution in [0.5, 0.6) is 0 Å². The van der Waals surface area contributed by atoms with Crippen molar-refractivity contribution < 1.29 is 0 Å². The summed E-state index contributed by atoms with van der Waals surface area (Å²) in [7, 11) is 0. The molecule has 1 aromatic carbocycles. The van der Waals surface area contributed by atoms with E-state index in [0.717, 1.165) is 4.47 Å². The lowest BCUT2D eigenvalue weighted by atomic mass is 10.1. The molecule has 14 heavy (non-hydrogen) atoms. The van der Waals surface area contributed by atoms with E-state index in [1.54, 1.807) is 0 Å². The summed E-state index contributed by atoms with van der Waals surface area (Å²) in [5.41, 5.74) is 1.27. The van der Waals surface area contributed by atoms with Crippen molar-refractivity contribution in [1.29, 1.82) is 0 Å². The maximum absolute atomic E-state index is 3.46. The van der Waals surface area contributed by atoms with E-state index in [-0.39, 0.29) is 0 Å². The second-order valence-corrected chi connectivity index (χ2v) is 4.37. The van der Waals surface area contributed by atoms with Crippen molar-refractivity contribution in [3.05, 3.63) is 40.4 Å². The predicted octanol–water partition coefficient (Wildman–Crippen LogP) is 5.04. The van der Waals surface area contributed by atoms with Crippen LogP contribution >= 0.6 is 15.9 Å². The average Bonchev–Trinajstić information content (AvgIpc) is 2.18. The average molecular weight is 253 g/mol. The molecule has 0 unspecified atom stereocenters. The molecule has 1 heteroatoms. The molecule has 76 valence electrons. The summed E-state index contributed by atoms with van der Waals surface area (Å²) in [5, 5.41) is 0. The molecular weight excluding hydrogens is 236 g/mol. The van der Waals surface area contributed by atoms with E-state index in [2.05, 4.69) is 59.3 Å². The molecule has 0 atom stereocenters. The Kier molecular flexibility index (Phi) is 5.62. The third-order valence-corrected chi connectivity index (χ3v) is 2.63. The molecule has 1 rings (SSSR count). The Bertz CT molecular complexity index is 289. The Balaban J connectivity index is 2.36. The second-order valence-electron chi connectivity index (χ2n) is 3.45. The van der Waals surface area contributed by atoms with Gasteiger partial charge in [-0.25, -0.2) is 0 Å². The fourth-order valence-electron chi connectivity index (χ4n) is 1.34. The van der Waals surface area contributed by atoms with Crippen LogP contribution in [0.25, 0.3) is 6.08 Å². The SMILES string of the molecule is CCCCC/C=C\c1cccc(Br)c1. The van der Waals surface area contributed by atoms with Gasteiger partial charge in [-0.1, -0.05) is 60.0 Å². The van der Waals surface area contributed by atoms with Crippen LogP contribution in [0.2, 0.25) is 0 Å². The van der Waals surface area contributed by atoms with E-state index in [9.17, 15) is 0 Å². The lowest BCUT2D eigenvalue weighted by molar-refractivity contribution is 0.730. The highest BCUT2D eigenvalue weighted by Crippen LogP contribution is 2.13. The molecule has 0 heterocycles. The highest BCUT2D eigenvalue weighted by atomic mass is 79.9. The first-order valence-electron chi connectivity index (χ1n) is 5.25. The molecular formula is C13H17Br. The Labute approximate surface area is 95.2 Å². The van der Waals surface area contributed by atoms with Gasteiger partial charge in [-0.2, -0.15) is 0 Å². The molecule has 0 aliphatic heterocycles. The van der Waals surface area contributed by atoms with Gasteiger partial charge >= 0.3 is 0 Å². The van der Waals surface area contributed by atoms with Crippen molar-refractivity contribution in [3.63, 3.8) is 0 Å². The summed E-state index contributed by atoms with van der Waals surface area (Å²) in [6, 6.07) is 8.38. The van der Waals surface area contributed by atoms with Gasteiger partial charge in [0.25, 0.3) is 0 Å². The number of hydrogen-bond donors (Lipinski definition) is 0. The molecule has 0 amide bonds. The Hall–Kier alpha value is -0.560. The third kappa shape index (κ3) is 4.61. The van der Waals surface area contributed by atoms with E-state index >= 15 is 0 Å². The molecule has 0 bridgehead atoms. The lowest BCUT2D eigenvalue weighted by Crippen LogP contribution is -1.73. The molecule has 0 radical (unpaired) electrons. The molecule has 0 aromatic heterocycles. The van der Waals surface area contributed by atoms with Crippen LogP contribution in [0.1, 0.15) is 38.2 Å². The Morgan fingerprint density at radius 2 is 2.14 bits per heavy atom. The molecule has 0 fully saturated rings. The molecule has 0 aliphatic carbocycles. The maximum Gasteiger partial charge on any atom is 0.0181 e. The number of unbranched alkanes of at least 4 members (excludes halogenated alkanes) is 3. The third-order valence-electron chi connectivity index (χ3n) is 2.13. The zero-order chi connectivity index (χ0) is 10.2. The number of allylic oxidation sites excluding steroid dienone is 1. The van der Waals surface area contributed by atoms with Crippen LogP contribution in [0.15, 0.2) is 34.8 Å². The van der Waals surface area contributed by atoms with Crippen LogP contribution in [-0.2, 0) is 0 Å². The van der Waals surface area contributed by atoms with E-state index in [1.807, 2.05) is 0 Å². The van der Waals surface area contributed by atoms with Crippen molar-refractivity contribution in [2.75, 3.05) is 0 Å². The van der Waals surface area contributed by atoms with Gasteiger partial charge in [0, 0.05) is 4.47 Å². The van der Waals surface area contributed by atoms with Gasteiger partial charge in [-0.05, 0) is 30.5 Å². The van der Waals surface area contributed by atoms with Crippen LogP contribution < -0.4 is 0 Å². The van der Waals surface area contributed by atoms with E-state index in [4.69, 9.17) is 0 Å². The molecule has 0 nitrogen and oxygen atoms in total. The topological polar surface area (TPSA) is 0 Å². The number of hydrogen-bond acceptors (Lipinski definition) is 0. The standard InChI is InChI=1S/C13H17Br/c1-2-3-4-5-6-8-12-9-7-10-13(14)11-12/h6-11H,2-5H2,1H3/b8-6-. The first-order chi connectivity index (χ1) is 6.83. The fourth-order valence-corrected chi connectivity index (χ4v) is 1.76. The van der Waals surface area contributed by atoms with Gasteiger partial charge in [-0.3, -0.25) is 0 Å². The normalized spacial score (nSPS) is 11.0. The molecule has 0 aliphatic rings. The smallest absolute Gasteiger partial charge is 0.0181 e. The molecule has 0 saturated carbocycles. The molecule has 0 saturated heterocycles. The van der Waals surface area contributed by atoms with Gasteiger partial charge in [0.2, 0.25) is 0 Å². The summed E-state index contributed by atoms with van der Waals surface area (Å²) >= 11 is 3.46. The van der Waals surface area contributed by atoms with Gasteiger partial charge in [0.05, 0.1) is 0 Å². The van der Waals surface area contributed by atoms with Gasteiger partial charge in [-0.15, -0.1) is 0 Å². The van der Waals surface area contributed by atoms with Crippen LogP contribution in [0, 0.1) is 0 Å². The van der Waals surface area contributed by atoms with E-state index in [1.165, 1.54) is 31.2 Å². The molecule has 0 N–H and O–H groups in total. The summed E-state index contributed by atoms with van der Waals surface area (Å²) in [5.74, 6) is 0. The molecule has 0 spiro atoms. The number of rotatable bonds is 5. The lowest BCUT2D eigenvalue weighted by Gasteiger charge is -1.95. The van der Waals surface area contributed by atoms with Gasteiger partial charge < -0.3 is 0 Å². The molecule has 1 aromatic rings. The minimum atomic E-state index is 1.15. The van der Waals surface area contributed by atoms with Crippen LogP contribution in [0.3, 0.4) is 0 Å².